The second-order valence-corrected chi connectivity index (χ2v) is 10.3. The lowest BCUT2D eigenvalue weighted by atomic mass is 10.2. The maximum absolute atomic E-state index is 12.9. The lowest BCUT2D eigenvalue weighted by Crippen LogP contribution is -2.40. The largest absolute Gasteiger partial charge is 0.379 e. The summed E-state index contributed by atoms with van der Waals surface area (Å²) in [5, 5.41) is 15.0. The number of thioether (sulfide) groups is 1. The molecule has 1 amide bonds. The Labute approximate surface area is 196 Å². The maximum atomic E-state index is 12.9. The lowest BCUT2D eigenvalue weighted by Gasteiger charge is -2.26. The van der Waals surface area contributed by atoms with Gasteiger partial charge in [-0.05, 0) is 40.6 Å². The first-order valence-corrected chi connectivity index (χ1v) is 12.8. The van der Waals surface area contributed by atoms with Crippen LogP contribution in [0, 0.1) is 6.92 Å². The molecule has 1 aliphatic rings. The third-order valence-electron chi connectivity index (χ3n) is 5.10. The van der Waals surface area contributed by atoms with Gasteiger partial charge in [0.2, 0.25) is 21.1 Å². The number of morpholine rings is 1. The average Bonchev–Trinajstić information content (AvgIpc) is 3.27. The first kappa shape index (κ1) is 23.4. The zero-order valence-electron chi connectivity index (χ0n) is 18.0. The van der Waals surface area contributed by atoms with E-state index in [4.69, 9.17) is 4.74 Å². The number of anilines is 1. The average molecular weight is 489 g/mol. The van der Waals surface area contributed by atoms with E-state index in [1.54, 1.807) is 16.8 Å². The van der Waals surface area contributed by atoms with Crippen LogP contribution in [0.4, 0.5) is 5.69 Å². The van der Waals surface area contributed by atoms with Crippen LogP contribution in [0.5, 0.6) is 0 Å². The fourth-order valence-electron chi connectivity index (χ4n) is 3.30. The van der Waals surface area contributed by atoms with Crippen molar-refractivity contribution in [2.24, 2.45) is 0 Å². The number of aryl methyl sites for hydroxylation is 1. The Hall–Kier alpha value is -2.80. The zero-order valence-corrected chi connectivity index (χ0v) is 19.7. The topological polar surface area (TPSA) is 119 Å². The van der Waals surface area contributed by atoms with Crippen LogP contribution in [0.2, 0.25) is 0 Å². The van der Waals surface area contributed by atoms with E-state index in [-0.39, 0.29) is 16.6 Å². The molecule has 33 heavy (non-hydrogen) atoms. The molecular formula is C21H24N6O4S2. The monoisotopic (exact) mass is 488 g/mol. The zero-order chi connectivity index (χ0) is 23.3. The molecule has 4 rings (SSSR count). The predicted molar refractivity (Wildman–Crippen MR) is 123 cm³/mol. The summed E-state index contributed by atoms with van der Waals surface area (Å²) in [5.74, 6) is -0.201. The Bertz CT molecular complexity index is 1210. The fraction of sp³-hybridized carbons (Fsp3) is 0.333. The van der Waals surface area contributed by atoms with Crippen molar-refractivity contribution < 1.29 is 17.9 Å². The summed E-state index contributed by atoms with van der Waals surface area (Å²) >= 11 is 1.21. The van der Waals surface area contributed by atoms with E-state index >= 15 is 0 Å². The highest BCUT2D eigenvalue weighted by molar-refractivity contribution is 7.99. The minimum Gasteiger partial charge on any atom is -0.379 e. The molecule has 0 unspecified atom stereocenters. The summed E-state index contributed by atoms with van der Waals surface area (Å²) in [5.41, 5.74) is 2.27. The third-order valence-corrected chi connectivity index (χ3v) is 7.95. The van der Waals surface area contributed by atoms with Crippen LogP contribution in [0.1, 0.15) is 11.1 Å². The molecule has 12 heteroatoms. The Morgan fingerprint density at radius 3 is 2.67 bits per heavy atom. The van der Waals surface area contributed by atoms with E-state index in [0.717, 1.165) is 11.1 Å². The van der Waals surface area contributed by atoms with Gasteiger partial charge in [-0.1, -0.05) is 48.2 Å². The van der Waals surface area contributed by atoms with Crippen molar-refractivity contribution in [2.75, 3.05) is 37.4 Å². The van der Waals surface area contributed by atoms with Crippen molar-refractivity contribution in [2.45, 2.75) is 23.5 Å². The van der Waals surface area contributed by atoms with Crippen molar-refractivity contribution >= 4 is 33.4 Å². The Morgan fingerprint density at radius 1 is 1.15 bits per heavy atom. The standard InChI is InChI=1S/C21H24N6O4S2/c1-16-7-8-18(33(29,30)26-9-11-31-12-10-26)13-19(16)22-20(28)15-32-21-23-24-25-27(21)14-17-5-3-2-4-6-17/h2-8,13H,9-12,14-15H2,1H3,(H,22,28). The van der Waals surface area contributed by atoms with Crippen LogP contribution in [-0.4, -0.2) is 70.9 Å². The highest BCUT2D eigenvalue weighted by atomic mass is 32.2. The number of hydrogen-bond acceptors (Lipinski definition) is 8. The highest BCUT2D eigenvalue weighted by Crippen LogP contribution is 2.24. The van der Waals surface area contributed by atoms with Crippen molar-refractivity contribution in [3.63, 3.8) is 0 Å². The van der Waals surface area contributed by atoms with E-state index in [1.165, 1.54) is 22.1 Å². The number of rotatable bonds is 8. The number of benzene rings is 2. The first-order chi connectivity index (χ1) is 15.9. The van der Waals surface area contributed by atoms with Gasteiger partial charge in [0.15, 0.2) is 0 Å². The van der Waals surface area contributed by atoms with Gasteiger partial charge < -0.3 is 10.1 Å². The molecule has 2 heterocycles. The number of ether oxygens (including phenoxy) is 1. The Balaban J connectivity index is 1.40. The number of nitrogens with zero attached hydrogens (tertiary/aromatic N) is 5. The molecule has 0 saturated carbocycles. The van der Waals surface area contributed by atoms with E-state index < -0.39 is 10.0 Å². The van der Waals surface area contributed by atoms with Crippen molar-refractivity contribution in [1.29, 1.82) is 0 Å². The predicted octanol–water partition coefficient (Wildman–Crippen LogP) is 1.78. The second kappa shape index (κ2) is 10.4. The Morgan fingerprint density at radius 2 is 1.91 bits per heavy atom. The van der Waals surface area contributed by atoms with Gasteiger partial charge in [0.1, 0.15) is 0 Å². The van der Waals surface area contributed by atoms with Crippen LogP contribution < -0.4 is 5.32 Å². The van der Waals surface area contributed by atoms with E-state index in [1.807, 2.05) is 37.3 Å². The summed E-state index contributed by atoms with van der Waals surface area (Å²) in [4.78, 5) is 12.7. The molecule has 1 aromatic heterocycles. The van der Waals surface area contributed by atoms with Crippen LogP contribution in [0.15, 0.2) is 58.6 Å². The van der Waals surface area contributed by atoms with Crippen LogP contribution in [0.3, 0.4) is 0 Å². The lowest BCUT2D eigenvalue weighted by molar-refractivity contribution is -0.113. The highest BCUT2D eigenvalue weighted by Gasteiger charge is 2.27. The summed E-state index contributed by atoms with van der Waals surface area (Å²) < 4.78 is 34.1. The van der Waals surface area contributed by atoms with Gasteiger partial charge in [0.25, 0.3) is 0 Å². The first-order valence-electron chi connectivity index (χ1n) is 10.3. The number of nitrogens with one attached hydrogen (secondary N) is 1. The summed E-state index contributed by atoms with van der Waals surface area (Å²) in [6.45, 7) is 3.68. The van der Waals surface area contributed by atoms with Crippen molar-refractivity contribution in [3.05, 3.63) is 59.7 Å². The molecule has 1 N–H and O–H groups in total. The number of carbonyl (C=O) groups excluding carboxylic acids is 1. The molecule has 0 radical (unpaired) electrons. The SMILES string of the molecule is Cc1ccc(S(=O)(=O)N2CCOCC2)cc1NC(=O)CSc1nnnn1Cc1ccccc1. The van der Waals surface area contributed by atoms with Gasteiger partial charge in [-0.15, -0.1) is 5.10 Å². The maximum Gasteiger partial charge on any atom is 0.243 e. The van der Waals surface area contributed by atoms with Gasteiger partial charge in [-0.25, -0.2) is 13.1 Å². The summed E-state index contributed by atoms with van der Waals surface area (Å²) in [6, 6.07) is 14.5. The summed E-state index contributed by atoms with van der Waals surface area (Å²) in [6.07, 6.45) is 0. The van der Waals surface area contributed by atoms with Crippen LogP contribution in [0.25, 0.3) is 0 Å². The minimum absolute atomic E-state index is 0.0784. The fourth-order valence-corrected chi connectivity index (χ4v) is 5.42. The molecule has 1 saturated heterocycles. The Kier molecular flexibility index (Phi) is 7.38. The number of amides is 1. The minimum atomic E-state index is -3.65. The summed E-state index contributed by atoms with van der Waals surface area (Å²) in [7, 11) is -3.65. The number of aromatic nitrogens is 4. The molecule has 1 fully saturated rings. The van der Waals surface area contributed by atoms with Gasteiger partial charge in [0, 0.05) is 18.8 Å². The van der Waals surface area contributed by atoms with E-state index in [9.17, 15) is 13.2 Å². The molecule has 0 aliphatic carbocycles. The van der Waals surface area contributed by atoms with Crippen molar-refractivity contribution in [3.8, 4) is 0 Å². The van der Waals surface area contributed by atoms with E-state index in [2.05, 4.69) is 20.8 Å². The third kappa shape index (κ3) is 5.77. The van der Waals surface area contributed by atoms with Gasteiger partial charge in [-0.2, -0.15) is 4.31 Å². The number of sulfonamides is 1. The molecule has 174 valence electrons. The normalized spacial score (nSPS) is 14.8. The number of carbonyl (C=O) groups is 1. The quantitative estimate of drug-likeness (QED) is 0.477. The van der Waals surface area contributed by atoms with E-state index in [0.29, 0.717) is 43.7 Å². The van der Waals surface area contributed by atoms with Crippen LogP contribution >= 0.6 is 11.8 Å². The molecule has 0 spiro atoms. The molecule has 1 aliphatic heterocycles. The smallest absolute Gasteiger partial charge is 0.243 e. The van der Waals surface area contributed by atoms with Crippen LogP contribution in [-0.2, 0) is 26.1 Å². The molecule has 2 aromatic carbocycles. The molecule has 3 aromatic rings. The molecule has 0 atom stereocenters. The molecular weight excluding hydrogens is 464 g/mol. The van der Waals surface area contributed by atoms with Gasteiger partial charge in [-0.3, -0.25) is 4.79 Å². The number of tetrazole rings is 1. The number of hydrogen-bond donors (Lipinski definition) is 1. The van der Waals surface area contributed by atoms with Crippen molar-refractivity contribution in [1.82, 2.24) is 24.5 Å². The molecule has 0 bridgehead atoms. The van der Waals surface area contributed by atoms with Gasteiger partial charge in [0.05, 0.1) is 30.4 Å². The molecule has 10 nitrogen and oxygen atoms in total. The van der Waals surface area contributed by atoms with Gasteiger partial charge >= 0.3 is 0 Å². The second-order valence-electron chi connectivity index (χ2n) is 7.43.